The van der Waals surface area contributed by atoms with E-state index in [9.17, 15) is 0 Å². The molecule has 2 aliphatic rings. The quantitative estimate of drug-likeness (QED) is 0.713. The Morgan fingerprint density at radius 2 is 1.93 bits per heavy atom. The SMILES string of the molecule is CCC[C@@H]1OC2(CCCC2)OC[C@@H]1CC. The second kappa shape index (κ2) is 4.84. The van der Waals surface area contributed by atoms with Gasteiger partial charge in [0.05, 0.1) is 12.7 Å². The number of hydrogen-bond donors (Lipinski definition) is 0. The molecule has 1 saturated heterocycles. The monoisotopic (exact) mass is 212 g/mol. The molecule has 1 heterocycles. The Morgan fingerprint density at radius 1 is 1.20 bits per heavy atom. The van der Waals surface area contributed by atoms with Gasteiger partial charge >= 0.3 is 0 Å². The van der Waals surface area contributed by atoms with E-state index in [4.69, 9.17) is 9.47 Å². The number of hydrogen-bond acceptors (Lipinski definition) is 2. The smallest absolute Gasteiger partial charge is 0.168 e. The van der Waals surface area contributed by atoms with Gasteiger partial charge in [-0.05, 0) is 25.7 Å². The Kier molecular flexibility index (Phi) is 3.68. The topological polar surface area (TPSA) is 18.5 Å². The van der Waals surface area contributed by atoms with Gasteiger partial charge in [-0.15, -0.1) is 0 Å². The fourth-order valence-electron chi connectivity index (χ4n) is 2.91. The predicted molar refractivity (Wildman–Crippen MR) is 60.7 cm³/mol. The summed E-state index contributed by atoms with van der Waals surface area (Å²) in [4.78, 5) is 0. The van der Waals surface area contributed by atoms with Gasteiger partial charge in [-0.3, -0.25) is 0 Å². The van der Waals surface area contributed by atoms with E-state index in [1.54, 1.807) is 0 Å². The van der Waals surface area contributed by atoms with E-state index in [2.05, 4.69) is 13.8 Å². The summed E-state index contributed by atoms with van der Waals surface area (Å²) in [6.07, 6.45) is 8.83. The predicted octanol–water partition coefficient (Wildman–Crippen LogP) is 3.50. The van der Waals surface area contributed by atoms with E-state index in [1.807, 2.05) is 0 Å². The highest BCUT2D eigenvalue weighted by atomic mass is 16.7. The number of ether oxygens (including phenoxy) is 2. The van der Waals surface area contributed by atoms with Crippen molar-refractivity contribution in [3.8, 4) is 0 Å². The summed E-state index contributed by atoms with van der Waals surface area (Å²) < 4.78 is 12.2. The van der Waals surface area contributed by atoms with Crippen molar-refractivity contribution in [2.24, 2.45) is 5.92 Å². The Bertz CT molecular complexity index is 197. The summed E-state index contributed by atoms with van der Waals surface area (Å²) >= 11 is 0. The van der Waals surface area contributed by atoms with Crippen molar-refractivity contribution in [1.82, 2.24) is 0 Å². The van der Waals surface area contributed by atoms with Crippen LogP contribution >= 0.6 is 0 Å². The van der Waals surface area contributed by atoms with Crippen LogP contribution in [0.1, 0.15) is 58.8 Å². The normalized spacial score (nSPS) is 34.8. The largest absolute Gasteiger partial charge is 0.350 e. The minimum Gasteiger partial charge on any atom is -0.350 e. The average Bonchev–Trinajstić information content (AvgIpc) is 2.68. The molecule has 2 heteroatoms. The van der Waals surface area contributed by atoms with Crippen LogP contribution in [-0.2, 0) is 9.47 Å². The van der Waals surface area contributed by atoms with Crippen molar-refractivity contribution in [1.29, 1.82) is 0 Å². The third-order valence-electron chi connectivity index (χ3n) is 3.92. The van der Waals surface area contributed by atoms with Crippen molar-refractivity contribution in [2.45, 2.75) is 70.7 Å². The zero-order chi connectivity index (χ0) is 10.7. The lowest BCUT2D eigenvalue weighted by Crippen LogP contribution is -2.47. The molecule has 1 aliphatic heterocycles. The van der Waals surface area contributed by atoms with Crippen LogP contribution in [0.25, 0.3) is 0 Å². The molecule has 0 aromatic carbocycles. The zero-order valence-corrected chi connectivity index (χ0v) is 10.1. The van der Waals surface area contributed by atoms with Crippen molar-refractivity contribution < 1.29 is 9.47 Å². The summed E-state index contributed by atoms with van der Waals surface area (Å²) in [5.74, 6) is 0.446. The lowest BCUT2D eigenvalue weighted by molar-refractivity contribution is -0.308. The molecule has 15 heavy (non-hydrogen) atoms. The highest BCUT2D eigenvalue weighted by Gasteiger charge is 2.43. The first kappa shape index (κ1) is 11.4. The first-order chi connectivity index (χ1) is 7.29. The molecule has 2 atom stereocenters. The van der Waals surface area contributed by atoms with Crippen LogP contribution in [0, 0.1) is 5.92 Å². The molecule has 0 amide bonds. The molecule has 0 unspecified atom stereocenters. The van der Waals surface area contributed by atoms with Crippen LogP contribution in [0.4, 0.5) is 0 Å². The van der Waals surface area contributed by atoms with Gasteiger partial charge in [0, 0.05) is 18.8 Å². The summed E-state index contributed by atoms with van der Waals surface area (Å²) in [6, 6.07) is 0. The molecule has 1 saturated carbocycles. The molecule has 0 aromatic heterocycles. The van der Waals surface area contributed by atoms with Crippen LogP contribution in [0.15, 0.2) is 0 Å². The fraction of sp³-hybridized carbons (Fsp3) is 1.00. The molecule has 2 nitrogen and oxygen atoms in total. The van der Waals surface area contributed by atoms with Crippen molar-refractivity contribution >= 4 is 0 Å². The van der Waals surface area contributed by atoms with Gasteiger partial charge in [0.15, 0.2) is 5.79 Å². The van der Waals surface area contributed by atoms with Gasteiger partial charge in [-0.25, -0.2) is 0 Å². The van der Waals surface area contributed by atoms with Gasteiger partial charge in [0.25, 0.3) is 0 Å². The summed E-state index contributed by atoms with van der Waals surface area (Å²) in [6.45, 7) is 5.40. The van der Waals surface area contributed by atoms with Gasteiger partial charge in [-0.2, -0.15) is 0 Å². The Labute approximate surface area is 93.3 Å². The van der Waals surface area contributed by atoms with E-state index < -0.39 is 0 Å². The lowest BCUT2D eigenvalue weighted by atomic mass is 9.94. The average molecular weight is 212 g/mol. The highest BCUT2D eigenvalue weighted by molar-refractivity contribution is 4.85. The maximum atomic E-state index is 6.26. The highest BCUT2D eigenvalue weighted by Crippen LogP contribution is 2.41. The van der Waals surface area contributed by atoms with Gasteiger partial charge < -0.3 is 9.47 Å². The third kappa shape index (κ3) is 2.36. The van der Waals surface area contributed by atoms with Crippen molar-refractivity contribution in [3.05, 3.63) is 0 Å². The van der Waals surface area contributed by atoms with Crippen molar-refractivity contribution in [2.75, 3.05) is 6.61 Å². The molecule has 2 rings (SSSR count). The molecule has 0 N–H and O–H groups in total. The third-order valence-corrected chi connectivity index (χ3v) is 3.92. The van der Waals surface area contributed by atoms with Crippen LogP contribution in [0.2, 0.25) is 0 Å². The first-order valence-electron chi connectivity index (χ1n) is 6.61. The van der Waals surface area contributed by atoms with Crippen LogP contribution in [0.3, 0.4) is 0 Å². The standard InChI is InChI=1S/C13H24O2/c1-3-7-12-11(4-2)10-14-13(15-12)8-5-6-9-13/h11-12H,3-10H2,1-2H3/t11-,12-/m0/s1. The van der Waals surface area contributed by atoms with E-state index >= 15 is 0 Å². The molecule has 2 fully saturated rings. The van der Waals surface area contributed by atoms with E-state index in [1.165, 1.54) is 32.1 Å². The maximum absolute atomic E-state index is 6.26. The summed E-state index contributed by atoms with van der Waals surface area (Å²) in [5.41, 5.74) is 0. The maximum Gasteiger partial charge on any atom is 0.168 e. The van der Waals surface area contributed by atoms with Crippen molar-refractivity contribution in [3.63, 3.8) is 0 Å². The van der Waals surface area contributed by atoms with E-state index in [0.717, 1.165) is 19.4 Å². The minimum atomic E-state index is -0.175. The number of rotatable bonds is 3. The van der Waals surface area contributed by atoms with Crippen LogP contribution in [-0.4, -0.2) is 18.5 Å². The molecule has 1 spiro atoms. The van der Waals surface area contributed by atoms with E-state index in [0.29, 0.717) is 12.0 Å². The van der Waals surface area contributed by atoms with Crippen LogP contribution in [0.5, 0.6) is 0 Å². The first-order valence-corrected chi connectivity index (χ1v) is 6.61. The van der Waals surface area contributed by atoms with Gasteiger partial charge in [0.2, 0.25) is 0 Å². The second-order valence-electron chi connectivity index (χ2n) is 5.04. The Hall–Kier alpha value is -0.0800. The zero-order valence-electron chi connectivity index (χ0n) is 10.1. The summed E-state index contributed by atoms with van der Waals surface area (Å²) in [7, 11) is 0. The molecule has 88 valence electrons. The molecule has 0 radical (unpaired) electrons. The molecule has 1 aliphatic carbocycles. The minimum absolute atomic E-state index is 0.175. The molecule has 0 aromatic rings. The van der Waals surface area contributed by atoms with Crippen LogP contribution < -0.4 is 0 Å². The molecular weight excluding hydrogens is 188 g/mol. The lowest BCUT2D eigenvalue weighted by Gasteiger charge is -2.43. The fourth-order valence-corrected chi connectivity index (χ4v) is 2.91. The van der Waals surface area contributed by atoms with E-state index in [-0.39, 0.29) is 5.79 Å². The summed E-state index contributed by atoms with van der Waals surface area (Å²) in [5, 5.41) is 0. The Morgan fingerprint density at radius 3 is 2.53 bits per heavy atom. The van der Waals surface area contributed by atoms with Gasteiger partial charge in [-0.1, -0.05) is 20.3 Å². The molecule has 0 bridgehead atoms. The Balaban J connectivity index is 1.98. The second-order valence-corrected chi connectivity index (χ2v) is 5.04. The van der Waals surface area contributed by atoms with Gasteiger partial charge in [0.1, 0.15) is 0 Å². The molecular formula is C13H24O2.